The molecule has 2 saturated heterocycles. The number of piperidine rings is 1. The standard InChI is InChI=1S/C30H40NO5/c1-5-26-21-27(20-23(4)31(26)18-12-13-19-31)35-28(32)30(24-14-8-6-9-15-24,25-16-10-7-11-17-25)36-29(33)34-22(2)3/h6-11,14-17,22-23,26-27H,5,12-13,18-21H2,1-4H3/q+1. The highest BCUT2D eigenvalue weighted by Gasteiger charge is 2.53. The van der Waals surface area contributed by atoms with Gasteiger partial charge in [-0.1, -0.05) is 67.6 Å². The predicted octanol–water partition coefficient (Wildman–Crippen LogP) is 5.98. The highest BCUT2D eigenvalue weighted by molar-refractivity contribution is 5.88. The van der Waals surface area contributed by atoms with Crippen LogP contribution in [0.5, 0.6) is 0 Å². The highest BCUT2D eigenvalue weighted by Crippen LogP contribution is 2.41. The summed E-state index contributed by atoms with van der Waals surface area (Å²) >= 11 is 0. The van der Waals surface area contributed by atoms with E-state index in [1.54, 1.807) is 38.1 Å². The third-order valence-corrected chi connectivity index (χ3v) is 8.10. The van der Waals surface area contributed by atoms with Crippen LogP contribution in [0.2, 0.25) is 0 Å². The van der Waals surface area contributed by atoms with Gasteiger partial charge in [0.05, 0.1) is 31.3 Å². The molecule has 4 rings (SSSR count). The Balaban J connectivity index is 1.70. The van der Waals surface area contributed by atoms with Crippen LogP contribution in [0, 0.1) is 0 Å². The molecule has 0 aromatic heterocycles. The van der Waals surface area contributed by atoms with Crippen LogP contribution in [0.1, 0.15) is 70.9 Å². The SMILES string of the molecule is CCC1CC(OC(=O)C(OC(=O)OC(C)C)(c2ccccc2)c2ccccc2)CC(C)[N+]12CCCC2. The van der Waals surface area contributed by atoms with Crippen molar-refractivity contribution in [3.63, 3.8) is 0 Å². The second-order valence-corrected chi connectivity index (χ2v) is 10.6. The Morgan fingerprint density at radius 3 is 2.00 bits per heavy atom. The molecule has 1 spiro atoms. The minimum Gasteiger partial charge on any atom is -0.458 e. The van der Waals surface area contributed by atoms with E-state index in [9.17, 15) is 9.59 Å². The number of benzene rings is 2. The lowest BCUT2D eigenvalue weighted by Gasteiger charge is -2.51. The maximum absolute atomic E-state index is 14.2. The molecule has 0 N–H and O–H groups in total. The zero-order chi connectivity index (χ0) is 25.8. The summed E-state index contributed by atoms with van der Waals surface area (Å²) in [4.78, 5) is 27.1. The Morgan fingerprint density at radius 2 is 1.50 bits per heavy atom. The number of ether oxygens (including phenoxy) is 3. The molecule has 2 fully saturated rings. The fraction of sp³-hybridized carbons (Fsp3) is 0.533. The van der Waals surface area contributed by atoms with Crippen molar-refractivity contribution < 1.29 is 28.3 Å². The second kappa shape index (κ2) is 11.0. The number of carbonyl (C=O) groups is 2. The van der Waals surface area contributed by atoms with Crippen LogP contribution in [-0.2, 0) is 24.6 Å². The quantitative estimate of drug-likeness (QED) is 0.350. The minimum atomic E-state index is -1.77. The third-order valence-electron chi connectivity index (χ3n) is 8.10. The van der Waals surface area contributed by atoms with Gasteiger partial charge in [0, 0.05) is 36.8 Å². The van der Waals surface area contributed by atoms with E-state index in [1.165, 1.54) is 25.9 Å². The highest BCUT2D eigenvalue weighted by atomic mass is 16.7. The van der Waals surface area contributed by atoms with Crippen LogP contribution < -0.4 is 0 Å². The monoisotopic (exact) mass is 494 g/mol. The molecule has 36 heavy (non-hydrogen) atoms. The Hall–Kier alpha value is -2.86. The number of esters is 1. The van der Waals surface area contributed by atoms with Crippen LogP contribution in [-0.4, -0.2) is 54.0 Å². The number of carbonyl (C=O) groups excluding carboxylic acids is 2. The first-order valence-corrected chi connectivity index (χ1v) is 13.4. The Morgan fingerprint density at radius 1 is 0.944 bits per heavy atom. The van der Waals surface area contributed by atoms with Crippen LogP contribution >= 0.6 is 0 Å². The molecule has 0 saturated carbocycles. The van der Waals surface area contributed by atoms with Crippen molar-refractivity contribution in [2.45, 2.75) is 89.7 Å². The van der Waals surface area contributed by atoms with Crippen molar-refractivity contribution in [3.8, 4) is 0 Å². The molecule has 6 nitrogen and oxygen atoms in total. The molecular weight excluding hydrogens is 454 g/mol. The summed E-state index contributed by atoms with van der Waals surface area (Å²) < 4.78 is 18.7. The van der Waals surface area contributed by atoms with Crippen molar-refractivity contribution in [1.29, 1.82) is 0 Å². The molecule has 2 aromatic rings. The molecule has 194 valence electrons. The van der Waals surface area contributed by atoms with E-state index in [0.29, 0.717) is 23.2 Å². The summed E-state index contributed by atoms with van der Waals surface area (Å²) in [5, 5.41) is 0. The van der Waals surface area contributed by atoms with E-state index < -0.39 is 17.7 Å². The van der Waals surface area contributed by atoms with E-state index in [1.807, 2.05) is 36.4 Å². The van der Waals surface area contributed by atoms with E-state index in [2.05, 4.69) is 13.8 Å². The van der Waals surface area contributed by atoms with Gasteiger partial charge < -0.3 is 18.7 Å². The van der Waals surface area contributed by atoms with Crippen molar-refractivity contribution in [2.24, 2.45) is 0 Å². The van der Waals surface area contributed by atoms with Crippen LogP contribution in [0.25, 0.3) is 0 Å². The molecule has 6 heteroatoms. The average Bonchev–Trinajstić information content (AvgIpc) is 3.36. The normalized spacial score (nSPS) is 23.4. The molecular formula is C30H40NO5+. The zero-order valence-electron chi connectivity index (χ0n) is 22.0. The lowest BCUT2D eigenvalue weighted by Crippen LogP contribution is -2.63. The van der Waals surface area contributed by atoms with E-state index in [0.717, 1.165) is 23.7 Å². The summed E-state index contributed by atoms with van der Waals surface area (Å²) in [6, 6.07) is 19.1. The molecule has 3 atom stereocenters. The lowest BCUT2D eigenvalue weighted by molar-refractivity contribution is -0.967. The van der Waals surface area contributed by atoms with Crippen molar-refractivity contribution in [3.05, 3.63) is 71.8 Å². The lowest BCUT2D eigenvalue weighted by atomic mass is 9.85. The van der Waals surface area contributed by atoms with Gasteiger partial charge in [0.15, 0.2) is 0 Å². The summed E-state index contributed by atoms with van der Waals surface area (Å²) in [7, 11) is 0. The number of hydrogen-bond donors (Lipinski definition) is 0. The van der Waals surface area contributed by atoms with Crippen LogP contribution in [0.4, 0.5) is 4.79 Å². The molecule has 0 radical (unpaired) electrons. The van der Waals surface area contributed by atoms with Gasteiger partial charge in [-0.05, 0) is 27.2 Å². The Labute approximate surface area is 215 Å². The van der Waals surface area contributed by atoms with Crippen molar-refractivity contribution in [2.75, 3.05) is 13.1 Å². The smallest absolute Gasteiger partial charge is 0.458 e. The average molecular weight is 495 g/mol. The fourth-order valence-electron chi connectivity index (χ4n) is 6.40. The number of nitrogens with zero attached hydrogens (tertiary/aromatic N) is 1. The minimum absolute atomic E-state index is 0.238. The number of hydrogen-bond acceptors (Lipinski definition) is 5. The van der Waals surface area contributed by atoms with Crippen LogP contribution in [0.15, 0.2) is 60.7 Å². The molecule has 0 bridgehead atoms. The molecule has 2 aliphatic heterocycles. The summed E-state index contributed by atoms with van der Waals surface area (Å²) in [6.07, 6.45) is 3.68. The van der Waals surface area contributed by atoms with Gasteiger partial charge in [0.1, 0.15) is 6.10 Å². The molecule has 0 aliphatic carbocycles. The van der Waals surface area contributed by atoms with E-state index in [-0.39, 0.29) is 12.2 Å². The first-order valence-electron chi connectivity index (χ1n) is 13.4. The van der Waals surface area contributed by atoms with Gasteiger partial charge in [-0.25, -0.2) is 9.59 Å². The van der Waals surface area contributed by atoms with Gasteiger partial charge >= 0.3 is 12.1 Å². The topological polar surface area (TPSA) is 61.8 Å². The van der Waals surface area contributed by atoms with Crippen molar-refractivity contribution >= 4 is 12.1 Å². The van der Waals surface area contributed by atoms with Crippen LogP contribution in [0.3, 0.4) is 0 Å². The summed E-state index contributed by atoms with van der Waals surface area (Å²) in [5.41, 5.74) is -0.710. The molecule has 2 aliphatic rings. The Bertz CT molecular complexity index is 977. The maximum atomic E-state index is 14.2. The van der Waals surface area contributed by atoms with E-state index >= 15 is 0 Å². The number of rotatable bonds is 7. The van der Waals surface area contributed by atoms with Gasteiger partial charge in [-0.15, -0.1) is 0 Å². The molecule has 0 amide bonds. The number of quaternary nitrogens is 1. The zero-order valence-corrected chi connectivity index (χ0v) is 22.0. The summed E-state index contributed by atoms with van der Waals surface area (Å²) in [5.74, 6) is -0.581. The van der Waals surface area contributed by atoms with Gasteiger partial charge in [0.2, 0.25) is 0 Å². The fourth-order valence-corrected chi connectivity index (χ4v) is 6.40. The van der Waals surface area contributed by atoms with E-state index in [4.69, 9.17) is 14.2 Å². The summed E-state index contributed by atoms with van der Waals surface area (Å²) in [6.45, 7) is 10.5. The maximum Gasteiger partial charge on any atom is 0.510 e. The second-order valence-electron chi connectivity index (χ2n) is 10.6. The molecule has 2 heterocycles. The first kappa shape index (κ1) is 26.2. The van der Waals surface area contributed by atoms with Gasteiger partial charge in [-0.2, -0.15) is 0 Å². The van der Waals surface area contributed by atoms with Crippen molar-refractivity contribution in [1.82, 2.24) is 0 Å². The van der Waals surface area contributed by atoms with Gasteiger partial charge in [-0.3, -0.25) is 0 Å². The van der Waals surface area contributed by atoms with Gasteiger partial charge in [0.25, 0.3) is 5.60 Å². The molecule has 3 unspecified atom stereocenters. The predicted molar refractivity (Wildman–Crippen MR) is 138 cm³/mol. The third kappa shape index (κ3) is 5.01. The first-order chi connectivity index (χ1) is 17.3. The Kier molecular flexibility index (Phi) is 8.04. The molecule has 2 aromatic carbocycles. The largest absolute Gasteiger partial charge is 0.510 e.